The SMILES string of the molecule is CC1=C/C(=N/O)CC1C(=O)O. The molecule has 0 radical (unpaired) electrons. The van der Waals surface area contributed by atoms with Gasteiger partial charge in [-0.05, 0) is 13.0 Å². The molecule has 0 bridgehead atoms. The first kappa shape index (κ1) is 7.78. The van der Waals surface area contributed by atoms with E-state index in [-0.39, 0.29) is 0 Å². The van der Waals surface area contributed by atoms with E-state index < -0.39 is 11.9 Å². The van der Waals surface area contributed by atoms with Gasteiger partial charge in [0.25, 0.3) is 0 Å². The van der Waals surface area contributed by atoms with Gasteiger partial charge in [-0.1, -0.05) is 10.7 Å². The molecule has 0 spiro atoms. The fourth-order valence-electron chi connectivity index (χ4n) is 1.14. The maximum atomic E-state index is 10.5. The van der Waals surface area contributed by atoms with Gasteiger partial charge in [-0.25, -0.2) is 0 Å². The molecule has 2 N–H and O–H groups in total. The Labute approximate surface area is 63.8 Å². The second-order valence-corrected chi connectivity index (χ2v) is 2.57. The van der Waals surface area contributed by atoms with Crippen molar-refractivity contribution in [2.45, 2.75) is 13.3 Å². The summed E-state index contributed by atoms with van der Waals surface area (Å²) in [6.07, 6.45) is 1.90. The first-order valence-electron chi connectivity index (χ1n) is 3.27. The molecule has 0 aliphatic heterocycles. The second-order valence-electron chi connectivity index (χ2n) is 2.57. The molecule has 11 heavy (non-hydrogen) atoms. The lowest BCUT2D eigenvalue weighted by molar-refractivity contribution is -0.140. The molecule has 0 aromatic heterocycles. The van der Waals surface area contributed by atoms with Crippen molar-refractivity contribution < 1.29 is 15.1 Å². The summed E-state index contributed by atoms with van der Waals surface area (Å²) in [4.78, 5) is 10.5. The van der Waals surface area contributed by atoms with Crippen molar-refractivity contribution in [2.24, 2.45) is 11.1 Å². The lowest BCUT2D eigenvalue weighted by Gasteiger charge is -2.02. The lowest BCUT2D eigenvalue weighted by atomic mass is 10.0. The number of hydrogen-bond acceptors (Lipinski definition) is 3. The molecule has 1 aliphatic rings. The first-order chi connectivity index (χ1) is 5.15. The summed E-state index contributed by atoms with van der Waals surface area (Å²) in [5.74, 6) is -1.36. The number of nitrogens with zero attached hydrogens (tertiary/aromatic N) is 1. The van der Waals surface area contributed by atoms with Crippen LogP contribution in [0.5, 0.6) is 0 Å². The molecule has 0 aromatic carbocycles. The monoisotopic (exact) mass is 155 g/mol. The fraction of sp³-hybridized carbons (Fsp3) is 0.429. The highest BCUT2D eigenvalue weighted by molar-refractivity contribution is 6.01. The molecule has 0 aromatic rings. The van der Waals surface area contributed by atoms with Crippen LogP contribution in [0.3, 0.4) is 0 Å². The third kappa shape index (κ3) is 1.39. The third-order valence-electron chi connectivity index (χ3n) is 1.78. The fourth-order valence-corrected chi connectivity index (χ4v) is 1.14. The van der Waals surface area contributed by atoms with Gasteiger partial charge in [0, 0.05) is 6.42 Å². The average Bonchev–Trinajstić information content (AvgIpc) is 2.30. The van der Waals surface area contributed by atoms with E-state index in [1.165, 1.54) is 0 Å². The zero-order valence-electron chi connectivity index (χ0n) is 6.11. The van der Waals surface area contributed by atoms with Gasteiger partial charge >= 0.3 is 5.97 Å². The van der Waals surface area contributed by atoms with Crippen molar-refractivity contribution in [1.29, 1.82) is 0 Å². The molecule has 0 amide bonds. The number of hydrogen-bond donors (Lipinski definition) is 2. The number of carbonyl (C=O) groups is 1. The number of allylic oxidation sites excluding steroid dienone is 1. The van der Waals surface area contributed by atoms with Crippen molar-refractivity contribution in [3.8, 4) is 0 Å². The van der Waals surface area contributed by atoms with Crippen LogP contribution >= 0.6 is 0 Å². The van der Waals surface area contributed by atoms with E-state index in [0.29, 0.717) is 12.1 Å². The number of oxime groups is 1. The zero-order chi connectivity index (χ0) is 8.43. The van der Waals surface area contributed by atoms with E-state index in [1.54, 1.807) is 13.0 Å². The molecule has 60 valence electrons. The highest BCUT2D eigenvalue weighted by atomic mass is 16.4. The zero-order valence-corrected chi connectivity index (χ0v) is 6.11. The third-order valence-corrected chi connectivity index (χ3v) is 1.78. The number of aliphatic carboxylic acids is 1. The van der Waals surface area contributed by atoms with Gasteiger partial charge in [0.15, 0.2) is 0 Å². The molecule has 0 saturated heterocycles. The highest BCUT2D eigenvalue weighted by Gasteiger charge is 2.26. The summed E-state index contributed by atoms with van der Waals surface area (Å²) in [5.41, 5.74) is 1.18. The number of carboxylic acid groups (broad SMARTS) is 1. The Bertz CT molecular complexity index is 242. The van der Waals surface area contributed by atoms with E-state index in [9.17, 15) is 4.79 Å². The summed E-state index contributed by atoms with van der Waals surface area (Å²) in [7, 11) is 0. The van der Waals surface area contributed by atoms with Crippen molar-refractivity contribution in [1.82, 2.24) is 0 Å². The van der Waals surface area contributed by atoms with Gasteiger partial charge in [0.05, 0.1) is 11.6 Å². The second kappa shape index (κ2) is 2.74. The smallest absolute Gasteiger partial charge is 0.311 e. The van der Waals surface area contributed by atoms with Gasteiger partial charge in [-0.15, -0.1) is 0 Å². The number of carboxylic acids is 1. The molecule has 0 fully saturated rings. The number of rotatable bonds is 1. The van der Waals surface area contributed by atoms with Crippen LogP contribution in [0.2, 0.25) is 0 Å². The Morgan fingerprint density at radius 1 is 1.82 bits per heavy atom. The first-order valence-corrected chi connectivity index (χ1v) is 3.27. The van der Waals surface area contributed by atoms with Crippen molar-refractivity contribution >= 4 is 11.7 Å². The Morgan fingerprint density at radius 3 is 2.73 bits per heavy atom. The van der Waals surface area contributed by atoms with Gasteiger partial charge < -0.3 is 10.3 Å². The van der Waals surface area contributed by atoms with Crippen LogP contribution in [0.1, 0.15) is 13.3 Å². The largest absolute Gasteiger partial charge is 0.481 e. The van der Waals surface area contributed by atoms with E-state index in [2.05, 4.69) is 5.16 Å². The lowest BCUT2D eigenvalue weighted by Crippen LogP contribution is -2.12. The Kier molecular flexibility index (Phi) is 1.94. The molecule has 4 heteroatoms. The van der Waals surface area contributed by atoms with Crippen LogP contribution in [0.25, 0.3) is 0 Å². The van der Waals surface area contributed by atoms with Crippen LogP contribution in [0, 0.1) is 5.92 Å². The summed E-state index contributed by atoms with van der Waals surface area (Å²) in [6.45, 7) is 1.72. The van der Waals surface area contributed by atoms with Gasteiger partial charge in [0.2, 0.25) is 0 Å². The van der Waals surface area contributed by atoms with E-state index in [4.69, 9.17) is 10.3 Å². The van der Waals surface area contributed by atoms with Crippen LogP contribution < -0.4 is 0 Å². The topological polar surface area (TPSA) is 69.9 Å². The van der Waals surface area contributed by atoms with Gasteiger partial charge in [0.1, 0.15) is 0 Å². The van der Waals surface area contributed by atoms with Crippen molar-refractivity contribution in [3.05, 3.63) is 11.6 Å². The molecule has 0 saturated carbocycles. The molecular formula is C7H9NO3. The van der Waals surface area contributed by atoms with Crippen molar-refractivity contribution in [3.63, 3.8) is 0 Å². The van der Waals surface area contributed by atoms with E-state index in [1.807, 2.05) is 0 Å². The standard InChI is InChI=1S/C7H9NO3/c1-4-2-5(8-11)3-6(4)7(9)10/h2,6,11H,3H2,1H3,(H,9,10)/b8-5-. The molecule has 1 unspecified atom stereocenters. The molecule has 0 heterocycles. The summed E-state index contributed by atoms with van der Waals surface area (Å²) in [6, 6.07) is 0. The predicted octanol–water partition coefficient (Wildman–Crippen LogP) is 0.867. The summed E-state index contributed by atoms with van der Waals surface area (Å²) < 4.78 is 0. The van der Waals surface area contributed by atoms with E-state index >= 15 is 0 Å². The average molecular weight is 155 g/mol. The van der Waals surface area contributed by atoms with E-state index in [0.717, 1.165) is 5.57 Å². The van der Waals surface area contributed by atoms with Crippen LogP contribution in [-0.2, 0) is 4.79 Å². The Hall–Kier alpha value is -1.32. The Balaban J connectivity index is 2.80. The maximum absolute atomic E-state index is 10.5. The minimum absolute atomic E-state index is 0.303. The Morgan fingerprint density at radius 2 is 2.45 bits per heavy atom. The van der Waals surface area contributed by atoms with Gasteiger partial charge in [-0.3, -0.25) is 4.79 Å². The molecular weight excluding hydrogens is 146 g/mol. The summed E-state index contributed by atoms with van der Waals surface area (Å²) >= 11 is 0. The molecule has 4 nitrogen and oxygen atoms in total. The van der Waals surface area contributed by atoms with Crippen LogP contribution in [0.4, 0.5) is 0 Å². The van der Waals surface area contributed by atoms with Crippen molar-refractivity contribution in [2.75, 3.05) is 0 Å². The molecule has 1 atom stereocenters. The van der Waals surface area contributed by atoms with Crippen LogP contribution in [-0.4, -0.2) is 22.0 Å². The summed E-state index contributed by atoms with van der Waals surface area (Å²) in [5, 5.41) is 19.9. The normalized spacial score (nSPS) is 27.2. The minimum Gasteiger partial charge on any atom is -0.481 e. The van der Waals surface area contributed by atoms with Gasteiger partial charge in [-0.2, -0.15) is 0 Å². The van der Waals surface area contributed by atoms with Crippen LogP contribution in [0.15, 0.2) is 16.8 Å². The minimum atomic E-state index is -0.864. The molecule has 1 rings (SSSR count). The maximum Gasteiger partial charge on any atom is 0.311 e. The predicted molar refractivity (Wildman–Crippen MR) is 38.7 cm³/mol. The highest BCUT2D eigenvalue weighted by Crippen LogP contribution is 2.23. The quantitative estimate of drug-likeness (QED) is 0.436. The molecule has 1 aliphatic carbocycles.